The standard InChI is InChI=1S/C10H11N3O/c11-13-12-7-10(8-14)6-9-4-2-1-3-5-9/h1-6,14H,7-8H2/b10-6+. The van der Waals surface area contributed by atoms with Crippen molar-refractivity contribution in [3.63, 3.8) is 0 Å². The number of aliphatic hydroxyl groups excluding tert-OH is 1. The Bertz CT molecular complexity index is 353. The number of aliphatic hydroxyl groups is 1. The van der Waals surface area contributed by atoms with Gasteiger partial charge in [-0.2, -0.15) is 0 Å². The highest BCUT2D eigenvalue weighted by molar-refractivity contribution is 5.53. The molecule has 72 valence electrons. The summed E-state index contributed by atoms with van der Waals surface area (Å²) in [4.78, 5) is 2.64. The Morgan fingerprint density at radius 2 is 2.14 bits per heavy atom. The number of nitrogens with zero attached hydrogens (tertiary/aromatic N) is 3. The van der Waals surface area contributed by atoms with Crippen molar-refractivity contribution in [2.75, 3.05) is 13.2 Å². The minimum absolute atomic E-state index is 0.0894. The van der Waals surface area contributed by atoms with E-state index < -0.39 is 0 Å². The van der Waals surface area contributed by atoms with Crippen molar-refractivity contribution >= 4 is 6.08 Å². The predicted octanol–water partition coefficient (Wildman–Crippen LogP) is 2.37. The molecular weight excluding hydrogens is 178 g/mol. The number of hydrogen-bond donors (Lipinski definition) is 1. The Balaban J connectivity index is 2.78. The Morgan fingerprint density at radius 1 is 1.43 bits per heavy atom. The molecule has 0 amide bonds. The molecule has 1 rings (SSSR count). The van der Waals surface area contributed by atoms with Gasteiger partial charge in [-0.15, -0.1) is 0 Å². The summed E-state index contributed by atoms with van der Waals surface area (Å²) in [5.41, 5.74) is 9.82. The SMILES string of the molecule is [N-]=[N+]=NC/C(=C\c1ccccc1)CO. The molecule has 0 aliphatic rings. The molecule has 1 N–H and O–H groups in total. The van der Waals surface area contributed by atoms with Gasteiger partial charge in [-0.3, -0.25) is 0 Å². The van der Waals surface area contributed by atoms with Gasteiger partial charge in [-0.25, -0.2) is 0 Å². The molecule has 14 heavy (non-hydrogen) atoms. The largest absolute Gasteiger partial charge is 0.392 e. The maximum absolute atomic E-state index is 8.96. The second kappa shape index (κ2) is 5.80. The van der Waals surface area contributed by atoms with E-state index in [4.69, 9.17) is 10.6 Å². The first-order chi connectivity index (χ1) is 6.86. The van der Waals surface area contributed by atoms with Gasteiger partial charge in [-0.1, -0.05) is 41.5 Å². The molecule has 0 aromatic heterocycles. The molecule has 0 aliphatic carbocycles. The van der Waals surface area contributed by atoms with Crippen molar-refractivity contribution in [2.45, 2.75) is 0 Å². The fraction of sp³-hybridized carbons (Fsp3) is 0.200. The van der Waals surface area contributed by atoms with Crippen LogP contribution in [0.5, 0.6) is 0 Å². The zero-order valence-electron chi connectivity index (χ0n) is 7.67. The molecule has 1 aromatic carbocycles. The lowest BCUT2D eigenvalue weighted by Gasteiger charge is -1.98. The summed E-state index contributed by atoms with van der Waals surface area (Å²) in [7, 11) is 0. The van der Waals surface area contributed by atoms with Crippen LogP contribution in [0.4, 0.5) is 0 Å². The third kappa shape index (κ3) is 3.31. The van der Waals surface area contributed by atoms with Crippen LogP contribution in [0.25, 0.3) is 16.5 Å². The average molecular weight is 189 g/mol. The van der Waals surface area contributed by atoms with Gasteiger partial charge in [0.05, 0.1) is 6.61 Å². The van der Waals surface area contributed by atoms with Crippen LogP contribution in [-0.4, -0.2) is 18.3 Å². The summed E-state index contributed by atoms with van der Waals surface area (Å²) < 4.78 is 0. The minimum atomic E-state index is -0.0894. The number of azide groups is 1. The van der Waals surface area contributed by atoms with E-state index in [1.807, 2.05) is 36.4 Å². The van der Waals surface area contributed by atoms with E-state index in [9.17, 15) is 0 Å². The van der Waals surface area contributed by atoms with Gasteiger partial charge in [0.2, 0.25) is 0 Å². The Hall–Kier alpha value is -1.77. The Kier molecular flexibility index (Phi) is 4.27. The highest BCUT2D eigenvalue weighted by atomic mass is 16.3. The lowest BCUT2D eigenvalue weighted by Crippen LogP contribution is -1.93. The van der Waals surface area contributed by atoms with Crippen molar-refractivity contribution in [3.05, 3.63) is 51.9 Å². The molecule has 0 bridgehead atoms. The second-order valence-corrected chi connectivity index (χ2v) is 2.76. The topological polar surface area (TPSA) is 69.0 Å². The molecule has 4 heteroatoms. The zero-order valence-corrected chi connectivity index (χ0v) is 7.67. The van der Waals surface area contributed by atoms with E-state index >= 15 is 0 Å². The van der Waals surface area contributed by atoms with Crippen LogP contribution < -0.4 is 0 Å². The molecule has 0 saturated heterocycles. The second-order valence-electron chi connectivity index (χ2n) is 2.76. The lowest BCUT2D eigenvalue weighted by molar-refractivity contribution is 0.330. The van der Waals surface area contributed by atoms with E-state index in [0.29, 0.717) is 5.57 Å². The fourth-order valence-electron chi connectivity index (χ4n) is 1.05. The van der Waals surface area contributed by atoms with Crippen molar-refractivity contribution in [3.8, 4) is 0 Å². The monoisotopic (exact) mass is 189 g/mol. The molecule has 0 saturated carbocycles. The van der Waals surface area contributed by atoms with E-state index in [2.05, 4.69) is 10.0 Å². The average Bonchev–Trinajstić information content (AvgIpc) is 2.25. The Morgan fingerprint density at radius 3 is 2.71 bits per heavy atom. The molecule has 0 radical (unpaired) electrons. The van der Waals surface area contributed by atoms with Gasteiger partial charge >= 0.3 is 0 Å². The normalized spacial score (nSPS) is 10.8. The maximum Gasteiger partial charge on any atom is 0.0646 e. The summed E-state index contributed by atoms with van der Waals surface area (Å²) in [6.07, 6.45) is 1.81. The van der Waals surface area contributed by atoms with Gasteiger partial charge in [0.15, 0.2) is 0 Å². The summed E-state index contributed by atoms with van der Waals surface area (Å²) in [5.74, 6) is 0. The van der Waals surface area contributed by atoms with E-state index in [0.717, 1.165) is 5.56 Å². The number of rotatable bonds is 4. The lowest BCUT2D eigenvalue weighted by atomic mass is 10.1. The van der Waals surface area contributed by atoms with Gasteiger partial charge in [0.1, 0.15) is 0 Å². The van der Waals surface area contributed by atoms with Gasteiger partial charge < -0.3 is 5.11 Å². The van der Waals surface area contributed by atoms with Crippen LogP contribution in [0.1, 0.15) is 5.56 Å². The summed E-state index contributed by atoms with van der Waals surface area (Å²) >= 11 is 0. The van der Waals surface area contributed by atoms with Crippen molar-refractivity contribution in [1.82, 2.24) is 0 Å². The molecule has 1 aromatic rings. The number of benzene rings is 1. The predicted molar refractivity (Wildman–Crippen MR) is 55.5 cm³/mol. The molecule has 0 unspecified atom stereocenters. The van der Waals surface area contributed by atoms with Crippen LogP contribution in [0.3, 0.4) is 0 Å². The molecular formula is C10H11N3O. The van der Waals surface area contributed by atoms with Crippen molar-refractivity contribution < 1.29 is 5.11 Å². The first-order valence-corrected chi connectivity index (χ1v) is 4.23. The molecule has 0 spiro atoms. The van der Waals surface area contributed by atoms with Crippen LogP contribution in [0.2, 0.25) is 0 Å². The van der Waals surface area contributed by atoms with E-state index in [1.165, 1.54) is 0 Å². The zero-order chi connectivity index (χ0) is 10.2. The number of hydrogen-bond acceptors (Lipinski definition) is 2. The van der Waals surface area contributed by atoms with Gasteiger partial charge in [0, 0.05) is 11.5 Å². The maximum atomic E-state index is 8.96. The van der Waals surface area contributed by atoms with E-state index in [1.54, 1.807) is 0 Å². The van der Waals surface area contributed by atoms with Gasteiger partial charge in [-0.05, 0) is 16.7 Å². The van der Waals surface area contributed by atoms with Crippen LogP contribution in [-0.2, 0) is 0 Å². The summed E-state index contributed by atoms with van der Waals surface area (Å²) in [5, 5.41) is 12.4. The third-order valence-corrected chi connectivity index (χ3v) is 1.71. The highest BCUT2D eigenvalue weighted by Gasteiger charge is 1.93. The van der Waals surface area contributed by atoms with Crippen LogP contribution >= 0.6 is 0 Å². The summed E-state index contributed by atoms with van der Waals surface area (Å²) in [6, 6.07) is 9.59. The van der Waals surface area contributed by atoms with Crippen LogP contribution in [0, 0.1) is 0 Å². The summed E-state index contributed by atoms with van der Waals surface area (Å²) in [6.45, 7) is 0.121. The Labute approximate surface area is 82.1 Å². The molecule has 0 atom stereocenters. The fourth-order valence-corrected chi connectivity index (χ4v) is 1.05. The minimum Gasteiger partial charge on any atom is -0.392 e. The molecule has 0 heterocycles. The molecule has 4 nitrogen and oxygen atoms in total. The molecule has 0 aliphatic heterocycles. The van der Waals surface area contributed by atoms with Crippen molar-refractivity contribution in [1.29, 1.82) is 0 Å². The quantitative estimate of drug-likeness (QED) is 0.441. The van der Waals surface area contributed by atoms with E-state index in [-0.39, 0.29) is 13.2 Å². The van der Waals surface area contributed by atoms with Gasteiger partial charge in [0.25, 0.3) is 0 Å². The first-order valence-electron chi connectivity index (χ1n) is 4.23. The first kappa shape index (κ1) is 10.3. The molecule has 0 fully saturated rings. The van der Waals surface area contributed by atoms with Crippen LogP contribution in [0.15, 0.2) is 41.0 Å². The van der Waals surface area contributed by atoms with Crippen molar-refractivity contribution in [2.24, 2.45) is 5.11 Å². The highest BCUT2D eigenvalue weighted by Crippen LogP contribution is 2.06. The third-order valence-electron chi connectivity index (χ3n) is 1.71. The smallest absolute Gasteiger partial charge is 0.0646 e.